The molecule has 1 aromatic rings. The smallest absolute Gasteiger partial charge is 0.132 e. The summed E-state index contributed by atoms with van der Waals surface area (Å²) in [5.41, 5.74) is 1.41. The van der Waals surface area contributed by atoms with Crippen LogP contribution in [-0.2, 0) is 0 Å². The van der Waals surface area contributed by atoms with Crippen molar-refractivity contribution in [3.8, 4) is 5.75 Å². The van der Waals surface area contributed by atoms with Gasteiger partial charge in [0, 0.05) is 4.90 Å². The maximum atomic E-state index is 5.58. The molecule has 0 amide bonds. The van der Waals surface area contributed by atoms with Crippen LogP contribution in [0.15, 0.2) is 23.1 Å². The summed E-state index contributed by atoms with van der Waals surface area (Å²) in [6.07, 6.45) is 3.28. The summed E-state index contributed by atoms with van der Waals surface area (Å²) >= 11 is 1.75. The molecule has 0 aliphatic heterocycles. The number of thioether (sulfide) groups is 1. The standard InChI is InChI=1S/C13H20OS/c1-5-10(3)11-7-8-12(14-6-2)13(9-11)15-4/h7-10H,5-6H2,1-4H3. The molecule has 0 radical (unpaired) electrons. The van der Waals surface area contributed by atoms with E-state index >= 15 is 0 Å². The third-order valence-corrected chi connectivity index (χ3v) is 3.43. The maximum Gasteiger partial charge on any atom is 0.132 e. The second kappa shape index (κ2) is 6.06. The molecule has 1 unspecified atom stereocenters. The summed E-state index contributed by atoms with van der Waals surface area (Å²) in [6.45, 7) is 7.24. The van der Waals surface area contributed by atoms with Gasteiger partial charge in [0.15, 0.2) is 0 Å². The lowest BCUT2D eigenvalue weighted by Crippen LogP contribution is -1.96. The van der Waals surface area contributed by atoms with Gasteiger partial charge in [0.1, 0.15) is 5.75 Å². The molecule has 0 bridgehead atoms. The molecule has 0 spiro atoms. The van der Waals surface area contributed by atoms with Crippen LogP contribution in [0.1, 0.15) is 38.7 Å². The van der Waals surface area contributed by atoms with E-state index in [0.717, 1.165) is 12.4 Å². The quantitative estimate of drug-likeness (QED) is 0.689. The van der Waals surface area contributed by atoms with Crippen molar-refractivity contribution in [2.24, 2.45) is 0 Å². The first-order valence-electron chi connectivity index (χ1n) is 5.53. The van der Waals surface area contributed by atoms with Crippen molar-refractivity contribution in [3.63, 3.8) is 0 Å². The summed E-state index contributed by atoms with van der Waals surface area (Å²) in [5.74, 6) is 1.64. The largest absolute Gasteiger partial charge is 0.493 e. The van der Waals surface area contributed by atoms with Crippen molar-refractivity contribution >= 4 is 11.8 Å². The van der Waals surface area contributed by atoms with E-state index in [9.17, 15) is 0 Å². The highest BCUT2D eigenvalue weighted by molar-refractivity contribution is 7.98. The second-order valence-electron chi connectivity index (χ2n) is 3.65. The Morgan fingerprint density at radius 3 is 2.60 bits per heavy atom. The van der Waals surface area contributed by atoms with Gasteiger partial charge < -0.3 is 4.74 Å². The second-order valence-corrected chi connectivity index (χ2v) is 4.50. The van der Waals surface area contributed by atoms with Crippen molar-refractivity contribution in [2.45, 2.75) is 38.0 Å². The summed E-state index contributed by atoms with van der Waals surface area (Å²) in [7, 11) is 0. The first-order valence-corrected chi connectivity index (χ1v) is 6.76. The maximum absolute atomic E-state index is 5.58. The number of hydrogen-bond acceptors (Lipinski definition) is 2. The van der Waals surface area contributed by atoms with Crippen LogP contribution in [0.4, 0.5) is 0 Å². The zero-order valence-corrected chi connectivity index (χ0v) is 10.9. The minimum atomic E-state index is 0.631. The van der Waals surface area contributed by atoms with Crippen molar-refractivity contribution in [1.29, 1.82) is 0 Å². The Morgan fingerprint density at radius 2 is 2.07 bits per heavy atom. The third-order valence-electron chi connectivity index (χ3n) is 2.67. The highest BCUT2D eigenvalue weighted by Crippen LogP contribution is 2.31. The lowest BCUT2D eigenvalue weighted by Gasteiger charge is -2.13. The molecule has 0 fully saturated rings. The molecule has 1 aromatic carbocycles. The molecular weight excluding hydrogens is 204 g/mol. The van der Waals surface area contributed by atoms with Crippen LogP contribution in [-0.4, -0.2) is 12.9 Å². The molecule has 0 aromatic heterocycles. The summed E-state index contributed by atoms with van der Waals surface area (Å²) < 4.78 is 5.58. The molecule has 0 aliphatic rings. The molecule has 2 heteroatoms. The van der Waals surface area contributed by atoms with Crippen LogP contribution in [0.2, 0.25) is 0 Å². The molecular formula is C13H20OS. The molecule has 1 rings (SSSR count). The number of rotatable bonds is 5. The van der Waals surface area contributed by atoms with Crippen LogP contribution in [0.3, 0.4) is 0 Å². The zero-order valence-electron chi connectivity index (χ0n) is 10.0. The Hall–Kier alpha value is -0.630. The molecule has 0 aliphatic carbocycles. The van der Waals surface area contributed by atoms with Gasteiger partial charge in [0.2, 0.25) is 0 Å². The molecule has 0 saturated heterocycles. The van der Waals surface area contributed by atoms with E-state index < -0.39 is 0 Å². The fraction of sp³-hybridized carbons (Fsp3) is 0.538. The highest BCUT2D eigenvalue weighted by Gasteiger charge is 2.07. The van der Waals surface area contributed by atoms with Crippen LogP contribution >= 0.6 is 11.8 Å². The first-order chi connectivity index (χ1) is 7.22. The van der Waals surface area contributed by atoms with Crippen molar-refractivity contribution in [3.05, 3.63) is 23.8 Å². The van der Waals surface area contributed by atoms with E-state index in [4.69, 9.17) is 4.74 Å². The Morgan fingerprint density at radius 1 is 1.33 bits per heavy atom. The lowest BCUT2D eigenvalue weighted by molar-refractivity contribution is 0.332. The van der Waals surface area contributed by atoms with E-state index in [0.29, 0.717) is 5.92 Å². The van der Waals surface area contributed by atoms with Gasteiger partial charge in [-0.25, -0.2) is 0 Å². The minimum absolute atomic E-state index is 0.631. The Bertz CT molecular complexity index is 309. The first kappa shape index (κ1) is 12.4. The lowest BCUT2D eigenvalue weighted by atomic mass is 9.99. The van der Waals surface area contributed by atoms with Crippen molar-refractivity contribution in [1.82, 2.24) is 0 Å². The van der Waals surface area contributed by atoms with Crippen LogP contribution in [0, 0.1) is 0 Å². The number of benzene rings is 1. The van der Waals surface area contributed by atoms with Crippen LogP contribution < -0.4 is 4.74 Å². The predicted molar refractivity (Wildman–Crippen MR) is 68.1 cm³/mol. The fourth-order valence-corrected chi connectivity index (χ4v) is 2.08. The molecule has 84 valence electrons. The number of hydrogen-bond donors (Lipinski definition) is 0. The van der Waals surface area contributed by atoms with Crippen LogP contribution in [0.5, 0.6) is 5.75 Å². The minimum Gasteiger partial charge on any atom is -0.493 e. The zero-order chi connectivity index (χ0) is 11.3. The van der Waals surface area contributed by atoms with Gasteiger partial charge in [-0.05, 0) is 43.2 Å². The van der Waals surface area contributed by atoms with Gasteiger partial charge in [0.05, 0.1) is 6.61 Å². The van der Waals surface area contributed by atoms with Gasteiger partial charge in [-0.1, -0.05) is 19.9 Å². The van der Waals surface area contributed by atoms with Gasteiger partial charge in [-0.15, -0.1) is 11.8 Å². The van der Waals surface area contributed by atoms with Gasteiger partial charge in [0.25, 0.3) is 0 Å². The van der Waals surface area contributed by atoms with Crippen LogP contribution in [0.25, 0.3) is 0 Å². The predicted octanol–water partition coefficient (Wildman–Crippen LogP) is 4.32. The van der Waals surface area contributed by atoms with Gasteiger partial charge >= 0.3 is 0 Å². The summed E-state index contributed by atoms with van der Waals surface area (Å²) in [5, 5.41) is 0. The third kappa shape index (κ3) is 3.16. The Labute approximate surface area is 97.2 Å². The topological polar surface area (TPSA) is 9.23 Å². The van der Waals surface area contributed by atoms with Crippen molar-refractivity contribution < 1.29 is 4.74 Å². The molecule has 0 saturated carbocycles. The average molecular weight is 224 g/mol. The van der Waals surface area contributed by atoms with E-state index in [1.54, 1.807) is 11.8 Å². The summed E-state index contributed by atoms with van der Waals surface area (Å²) in [6, 6.07) is 6.53. The average Bonchev–Trinajstić information content (AvgIpc) is 2.29. The molecule has 0 heterocycles. The summed E-state index contributed by atoms with van der Waals surface area (Å²) in [4.78, 5) is 1.25. The van der Waals surface area contributed by atoms with E-state index in [2.05, 4.69) is 38.3 Å². The Kier molecular flexibility index (Phi) is 5.03. The van der Waals surface area contributed by atoms with E-state index in [-0.39, 0.29) is 0 Å². The highest BCUT2D eigenvalue weighted by atomic mass is 32.2. The normalized spacial score (nSPS) is 12.5. The van der Waals surface area contributed by atoms with E-state index in [1.165, 1.54) is 16.9 Å². The molecule has 15 heavy (non-hydrogen) atoms. The SMILES string of the molecule is CCOc1ccc(C(C)CC)cc1SC. The molecule has 0 N–H and O–H groups in total. The molecule has 1 atom stereocenters. The van der Waals surface area contributed by atoms with Crippen molar-refractivity contribution in [2.75, 3.05) is 12.9 Å². The number of ether oxygens (including phenoxy) is 1. The fourth-order valence-electron chi connectivity index (χ4n) is 1.50. The molecule has 1 nitrogen and oxygen atoms in total. The van der Waals surface area contributed by atoms with Gasteiger partial charge in [-0.2, -0.15) is 0 Å². The van der Waals surface area contributed by atoms with Gasteiger partial charge in [-0.3, -0.25) is 0 Å². The van der Waals surface area contributed by atoms with E-state index in [1.807, 2.05) is 6.92 Å². The monoisotopic (exact) mass is 224 g/mol. The Balaban J connectivity index is 2.96.